The molecule has 0 spiro atoms. The lowest BCUT2D eigenvalue weighted by molar-refractivity contribution is 0.466. The van der Waals surface area contributed by atoms with Gasteiger partial charge in [-0.3, -0.25) is 4.98 Å². The topological polar surface area (TPSA) is 96.9 Å². The zero-order valence-corrected chi connectivity index (χ0v) is 22.2. The van der Waals surface area contributed by atoms with Crippen molar-refractivity contribution >= 4 is 22.4 Å². The van der Waals surface area contributed by atoms with E-state index in [0.717, 1.165) is 48.1 Å². The Bertz CT molecular complexity index is 1620. The summed E-state index contributed by atoms with van der Waals surface area (Å²) < 4.78 is 21.5. The molecule has 4 heterocycles. The van der Waals surface area contributed by atoms with Crippen LogP contribution < -0.4 is 20.7 Å². The minimum absolute atomic E-state index is 0.285. The largest absolute Gasteiger partial charge is 0.437 e. The first-order chi connectivity index (χ1) is 19.7. The van der Waals surface area contributed by atoms with Gasteiger partial charge < -0.3 is 20.7 Å². The molecule has 5 aromatic rings. The maximum Gasteiger partial charge on any atom is 0.228 e. The predicted octanol–water partition coefficient (Wildman–Crippen LogP) is 6.10. The van der Waals surface area contributed by atoms with Gasteiger partial charge in [0.1, 0.15) is 11.6 Å². The highest BCUT2D eigenvalue weighted by Gasteiger charge is 2.18. The van der Waals surface area contributed by atoms with Crippen molar-refractivity contribution in [1.29, 1.82) is 0 Å². The molecule has 0 bridgehead atoms. The van der Waals surface area contributed by atoms with Crippen molar-refractivity contribution in [3.8, 4) is 22.9 Å². The summed E-state index contributed by atoms with van der Waals surface area (Å²) >= 11 is 0. The van der Waals surface area contributed by atoms with E-state index in [1.54, 1.807) is 24.7 Å². The van der Waals surface area contributed by atoms with E-state index in [4.69, 9.17) is 9.72 Å². The fraction of sp³-hybridized carbons (Fsp3) is 0.226. The fourth-order valence-electron chi connectivity index (χ4n) is 4.96. The Morgan fingerprint density at radius 3 is 2.70 bits per heavy atom. The van der Waals surface area contributed by atoms with Crippen molar-refractivity contribution in [3.05, 3.63) is 96.3 Å². The van der Waals surface area contributed by atoms with Crippen molar-refractivity contribution in [2.24, 2.45) is 0 Å². The van der Waals surface area contributed by atoms with Crippen LogP contribution in [0.25, 0.3) is 22.0 Å². The van der Waals surface area contributed by atoms with Gasteiger partial charge in [0.25, 0.3) is 0 Å². The molecule has 8 nitrogen and oxygen atoms in total. The number of anilines is 2. The summed E-state index contributed by atoms with van der Waals surface area (Å²) in [5.41, 5.74) is 3.56. The predicted molar refractivity (Wildman–Crippen MR) is 155 cm³/mol. The summed E-state index contributed by atoms with van der Waals surface area (Å²) in [5.74, 6) is 1.25. The van der Waals surface area contributed by atoms with E-state index < -0.39 is 0 Å². The number of halogens is 1. The van der Waals surface area contributed by atoms with Crippen LogP contribution in [0.4, 0.5) is 16.0 Å². The van der Waals surface area contributed by atoms with Crippen molar-refractivity contribution in [2.75, 3.05) is 23.7 Å². The van der Waals surface area contributed by atoms with E-state index in [1.165, 1.54) is 6.07 Å². The molecule has 1 unspecified atom stereocenters. The van der Waals surface area contributed by atoms with Crippen LogP contribution in [0.15, 0.2) is 79.3 Å². The molecule has 0 saturated carbocycles. The summed E-state index contributed by atoms with van der Waals surface area (Å²) in [6.45, 7) is 4.28. The van der Waals surface area contributed by atoms with Gasteiger partial charge in [0.15, 0.2) is 0 Å². The Morgan fingerprint density at radius 2 is 1.85 bits per heavy atom. The lowest BCUT2D eigenvalue weighted by Gasteiger charge is -2.23. The normalized spacial score (nSPS) is 15.1. The number of fused-ring (bicyclic) bond motifs is 1. The first-order valence-electron chi connectivity index (χ1n) is 13.4. The third kappa shape index (κ3) is 5.55. The number of ether oxygens (including phenoxy) is 1. The highest BCUT2D eigenvalue weighted by atomic mass is 19.1. The number of hydrogen-bond acceptors (Lipinski definition) is 8. The average Bonchev–Trinajstić information content (AvgIpc) is 2.99. The van der Waals surface area contributed by atoms with Gasteiger partial charge in [0.05, 0.1) is 29.2 Å². The molecule has 1 saturated heterocycles. The fourth-order valence-corrected chi connectivity index (χ4v) is 4.96. The van der Waals surface area contributed by atoms with E-state index >= 15 is 4.39 Å². The lowest BCUT2D eigenvalue weighted by Crippen LogP contribution is -2.38. The molecule has 0 aliphatic carbocycles. The number of benzene rings is 2. The molecule has 202 valence electrons. The molecular formula is C31H30FN7O. The smallest absolute Gasteiger partial charge is 0.228 e. The molecule has 9 heteroatoms. The van der Waals surface area contributed by atoms with Gasteiger partial charge in [-0.25, -0.2) is 19.3 Å². The number of rotatable bonds is 8. The van der Waals surface area contributed by atoms with E-state index in [9.17, 15) is 0 Å². The Hall–Kier alpha value is -4.63. The number of aromatic nitrogens is 4. The molecule has 1 atom stereocenters. The van der Waals surface area contributed by atoms with Crippen LogP contribution in [-0.2, 0) is 6.54 Å². The molecule has 3 aromatic heterocycles. The van der Waals surface area contributed by atoms with Crippen LogP contribution in [-0.4, -0.2) is 39.1 Å². The standard InChI is InChI=1S/C31H30FN7O/c1-20-9-10-23-24(11-12-26(32)28(23)37-19-21-6-2-3-15-34-21)29(20)40-30-25(8-5-16-35-30)27-13-17-36-31(39-27)38-22-7-4-14-33-18-22/h2-3,5-6,8-13,15-17,22,33,37H,4,7,14,18-19H2,1H3,(H,36,38,39). The number of aryl methyl sites for hydroxylation is 1. The number of nitrogens with one attached hydrogen (secondary N) is 3. The summed E-state index contributed by atoms with van der Waals surface area (Å²) in [6.07, 6.45) is 7.34. The van der Waals surface area contributed by atoms with Gasteiger partial charge in [-0.05, 0) is 74.3 Å². The SMILES string of the molecule is Cc1ccc2c(NCc3ccccn3)c(F)ccc2c1Oc1ncccc1-c1ccnc(NC2CCCNC2)n1. The van der Waals surface area contributed by atoms with Gasteiger partial charge in [0.2, 0.25) is 11.8 Å². The van der Waals surface area contributed by atoms with Crippen LogP contribution in [0.1, 0.15) is 24.1 Å². The van der Waals surface area contributed by atoms with Crippen LogP contribution >= 0.6 is 0 Å². The molecule has 1 aliphatic rings. The first kappa shape index (κ1) is 25.6. The van der Waals surface area contributed by atoms with E-state index in [1.807, 2.05) is 55.5 Å². The Labute approximate surface area is 232 Å². The molecular weight excluding hydrogens is 505 g/mol. The summed E-state index contributed by atoms with van der Waals surface area (Å²) in [6, 6.07) is 18.6. The quantitative estimate of drug-likeness (QED) is 0.219. The molecule has 1 aliphatic heterocycles. The van der Waals surface area contributed by atoms with Crippen molar-refractivity contribution in [1.82, 2.24) is 25.3 Å². The summed E-state index contributed by atoms with van der Waals surface area (Å²) in [7, 11) is 0. The Balaban J connectivity index is 1.32. The molecule has 40 heavy (non-hydrogen) atoms. The van der Waals surface area contributed by atoms with Crippen molar-refractivity contribution in [2.45, 2.75) is 32.4 Å². The van der Waals surface area contributed by atoms with Crippen LogP contribution in [0.5, 0.6) is 11.6 Å². The second-order valence-corrected chi connectivity index (χ2v) is 9.81. The Morgan fingerprint density at radius 1 is 0.950 bits per heavy atom. The maximum atomic E-state index is 15.0. The summed E-state index contributed by atoms with van der Waals surface area (Å²) in [5, 5.41) is 11.5. The van der Waals surface area contributed by atoms with Gasteiger partial charge >= 0.3 is 0 Å². The summed E-state index contributed by atoms with van der Waals surface area (Å²) in [4.78, 5) is 18.1. The van der Waals surface area contributed by atoms with E-state index in [2.05, 4.69) is 30.9 Å². The first-order valence-corrected chi connectivity index (χ1v) is 13.4. The van der Waals surface area contributed by atoms with E-state index in [-0.39, 0.29) is 11.9 Å². The molecule has 1 fully saturated rings. The van der Waals surface area contributed by atoms with Crippen LogP contribution in [0.3, 0.4) is 0 Å². The maximum absolute atomic E-state index is 15.0. The monoisotopic (exact) mass is 535 g/mol. The van der Waals surface area contributed by atoms with Gasteiger partial charge in [-0.2, -0.15) is 0 Å². The number of hydrogen-bond donors (Lipinski definition) is 3. The number of nitrogens with zero attached hydrogens (tertiary/aromatic N) is 4. The minimum atomic E-state index is -0.342. The molecule has 3 N–H and O–H groups in total. The molecule has 2 aromatic carbocycles. The van der Waals surface area contributed by atoms with Crippen LogP contribution in [0.2, 0.25) is 0 Å². The van der Waals surface area contributed by atoms with E-state index in [0.29, 0.717) is 40.9 Å². The Kier molecular flexibility index (Phi) is 7.45. The second kappa shape index (κ2) is 11.6. The zero-order valence-electron chi connectivity index (χ0n) is 22.2. The van der Waals surface area contributed by atoms with Gasteiger partial charge in [-0.15, -0.1) is 0 Å². The minimum Gasteiger partial charge on any atom is -0.437 e. The van der Waals surface area contributed by atoms with Gasteiger partial charge in [0, 0.05) is 41.9 Å². The third-order valence-corrected chi connectivity index (χ3v) is 7.00. The number of piperidine rings is 1. The third-order valence-electron chi connectivity index (χ3n) is 7.00. The highest BCUT2D eigenvalue weighted by Crippen LogP contribution is 2.39. The van der Waals surface area contributed by atoms with Gasteiger partial charge in [-0.1, -0.05) is 18.2 Å². The lowest BCUT2D eigenvalue weighted by atomic mass is 10.0. The molecule has 0 amide bonds. The van der Waals surface area contributed by atoms with Crippen LogP contribution in [0, 0.1) is 12.7 Å². The molecule has 0 radical (unpaired) electrons. The van der Waals surface area contributed by atoms with Crippen molar-refractivity contribution < 1.29 is 9.13 Å². The molecule has 6 rings (SSSR count). The second-order valence-electron chi connectivity index (χ2n) is 9.81. The number of pyridine rings is 2. The van der Waals surface area contributed by atoms with Crippen molar-refractivity contribution in [3.63, 3.8) is 0 Å². The average molecular weight is 536 g/mol. The zero-order chi connectivity index (χ0) is 27.3. The highest BCUT2D eigenvalue weighted by molar-refractivity contribution is 5.99.